The Kier molecular flexibility index (Phi) is 8.05. The van der Waals surface area contributed by atoms with E-state index in [9.17, 15) is 13.2 Å². The fraction of sp³-hybridized carbons (Fsp3) is 0.611. The Morgan fingerprint density at radius 1 is 1.26 bits per heavy atom. The molecular formula is C18H28ClN3O4S. The molecule has 1 saturated heterocycles. The highest BCUT2D eigenvalue weighted by atomic mass is 35.5. The van der Waals surface area contributed by atoms with Gasteiger partial charge in [0, 0.05) is 12.6 Å². The van der Waals surface area contributed by atoms with Crippen LogP contribution in [0.5, 0.6) is 0 Å². The van der Waals surface area contributed by atoms with E-state index in [0.717, 1.165) is 43.5 Å². The SMILES string of the molecule is CCCN(C(=O)CNS(=O)(=O)c1ccc2c(c1)COC2)C1CCNCC1.Cl. The third kappa shape index (κ3) is 5.42. The van der Waals surface area contributed by atoms with Crippen molar-refractivity contribution in [3.63, 3.8) is 0 Å². The Bertz CT molecular complexity index is 751. The van der Waals surface area contributed by atoms with Crippen LogP contribution in [0.1, 0.15) is 37.3 Å². The summed E-state index contributed by atoms with van der Waals surface area (Å²) in [7, 11) is -3.72. The molecule has 1 aromatic rings. The molecule has 0 aromatic heterocycles. The quantitative estimate of drug-likeness (QED) is 0.700. The van der Waals surface area contributed by atoms with Crippen LogP contribution in [0.15, 0.2) is 23.1 Å². The first kappa shape index (κ1) is 22.1. The summed E-state index contributed by atoms with van der Waals surface area (Å²) in [6.45, 7) is 5.20. The normalized spacial score (nSPS) is 17.2. The number of nitrogens with one attached hydrogen (secondary N) is 2. The molecule has 0 saturated carbocycles. The molecule has 0 bridgehead atoms. The van der Waals surface area contributed by atoms with Gasteiger partial charge in [0.15, 0.2) is 0 Å². The van der Waals surface area contributed by atoms with Gasteiger partial charge >= 0.3 is 0 Å². The average molecular weight is 418 g/mol. The van der Waals surface area contributed by atoms with Crippen LogP contribution in [-0.2, 0) is 32.8 Å². The maximum Gasteiger partial charge on any atom is 0.241 e. The molecule has 0 spiro atoms. The van der Waals surface area contributed by atoms with Crippen molar-refractivity contribution in [3.8, 4) is 0 Å². The number of nitrogens with zero attached hydrogens (tertiary/aromatic N) is 1. The Labute approximate surface area is 167 Å². The summed E-state index contributed by atoms with van der Waals surface area (Å²) >= 11 is 0. The Morgan fingerprint density at radius 3 is 2.67 bits per heavy atom. The van der Waals surface area contributed by atoms with Crippen molar-refractivity contribution in [2.24, 2.45) is 0 Å². The molecule has 0 unspecified atom stereocenters. The predicted molar refractivity (Wildman–Crippen MR) is 105 cm³/mol. The molecule has 0 aliphatic carbocycles. The van der Waals surface area contributed by atoms with Gasteiger partial charge in [-0.3, -0.25) is 4.79 Å². The van der Waals surface area contributed by atoms with Gasteiger partial charge in [-0.25, -0.2) is 13.1 Å². The van der Waals surface area contributed by atoms with E-state index in [4.69, 9.17) is 4.74 Å². The number of benzene rings is 1. The van der Waals surface area contributed by atoms with E-state index in [1.807, 2.05) is 11.8 Å². The number of hydrogen-bond donors (Lipinski definition) is 2. The number of halogens is 1. The molecular weight excluding hydrogens is 390 g/mol. The summed E-state index contributed by atoms with van der Waals surface area (Å²) in [6.07, 6.45) is 2.67. The van der Waals surface area contributed by atoms with E-state index in [-0.39, 0.29) is 35.8 Å². The van der Waals surface area contributed by atoms with Crippen molar-refractivity contribution in [3.05, 3.63) is 29.3 Å². The number of carbonyl (C=O) groups excluding carboxylic acids is 1. The highest BCUT2D eigenvalue weighted by Crippen LogP contribution is 2.23. The number of piperidine rings is 1. The lowest BCUT2D eigenvalue weighted by Crippen LogP contribution is -2.49. The summed E-state index contributed by atoms with van der Waals surface area (Å²) in [4.78, 5) is 14.7. The van der Waals surface area contributed by atoms with Crippen molar-refractivity contribution in [1.29, 1.82) is 0 Å². The summed E-state index contributed by atoms with van der Waals surface area (Å²) in [5.74, 6) is -0.160. The molecule has 152 valence electrons. The molecule has 3 rings (SSSR count). The van der Waals surface area contributed by atoms with E-state index in [1.165, 1.54) is 0 Å². The standard InChI is InChI=1S/C18H27N3O4S.ClH/c1-2-9-21(16-5-7-19-8-6-16)18(22)11-20-26(23,24)17-4-3-14-12-25-13-15(14)10-17;/h3-4,10,16,19-20H,2,5-9,11-13H2,1H3;1H. The van der Waals surface area contributed by atoms with Gasteiger partial charge in [0.25, 0.3) is 0 Å². The molecule has 2 aliphatic heterocycles. The minimum Gasteiger partial charge on any atom is -0.372 e. The summed E-state index contributed by atoms with van der Waals surface area (Å²) in [5.41, 5.74) is 1.90. The maximum atomic E-state index is 12.7. The Morgan fingerprint density at radius 2 is 1.96 bits per heavy atom. The molecule has 9 heteroatoms. The number of amides is 1. The lowest BCUT2D eigenvalue weighted by Gasteiger charge is -2.34. The molecule has 0 radical (unpaired) electrons. The van der Waals surface area contributed by atoms with Crippen molar-refractivity contribution in [1.82, 2.24) is 14.9 Å². The van der Waals surface area contributed by atoms with Crippen molar-refractivity contribution < 1.29 is 17.9 Å². The number of carbonyl (C=O) groups is 1. The van der Waals surface area contributed by atoms with Crippen molar-refractivity contribution in [2.75, 3.05) is 26.2 Å². The van der Waals surface area contributed by atoms with Crippen molar-refractivity contribution >= 4 is 28.3 Å². The summed E-state index contributed by atoms with van der Waals surface area (Å²) in [5, 5.41) is 3.29. The molecule has 1 aromatic carbocycles. The number of sulfonamides is 1. The van der Waals surface area contributed by atoms with Gasteiger partial charge in [0.05, 0.1) is 24.7 Å². The fourth-order valence-corrected chi connectivity index (χ4v) is 4.55. The van der Waals surface area contributed by atoms with Crippen LogP contribution in [0.2, 0.25) is 0 Å². The van der Waals surface area contributed by atoms with E-state index >= 15 is 0 Å². The molecule has 0 atom stereocenters. The van der Waals surface area contributed by atoms with Crippen LogP contribution in [0.4, 0.5) is 0 Å². The zero-order chi connectivity index (χ0) is 18.6. The van der Waals surface area contributed by atoms with Crippen LogP contribution in [-0.4, -0.2) is 51.4 Å². The number of rotatable bonds is 7. The van der Waals surface area contributed by atoms with Gasteiger partial charge in [-0.1, -0.05) is 13.0 Å². The molecule has 2 N–H and O–H groups in total. The van der Waals surface area contributed by atoms with Gasteiger partial charge in [0.1, 0.15) is 0 Å². The average Bonchev–Trinajstić information content (AvgIpc) is 3.13. The predicted octanol–water partition coefficient (Wildman–Crippen LogP) is 1.41. The zero-order valence-electron chi connectivity index (χ0n) is 15.6. The van der Waals surface area contributed by atoms with Crippen LogP contribution in [0, 0.1) is 0 Å². The van der Waals surface area contributed by atoms with Gasteiger partial charge in [-0.05, 0) is 55.6 Å². The van der Waals surface area contributed by atoms with E-state index in [0.29, 0.717) is 19.8 Å². The number of ether oxygens (including phenoxy) is 1. The Balaban J connectivity index is 0.00000261. The summed E-state index contributed by atoms with van der Waals surface area (Å²) < 4.78 is 32.9. The molecule has 27 heavy (non-hydrogen) atoms. The minimum absolute atomic E-state index is 0. The third-order valence-corrected chi connectivity index (χ3v) is 6.35. The maximum absolute atomic E-state index is 12.7. The second kappa shape index (κ2) is 9.84. The Hall–Kier alpha value is -1.19. The lowest BCUT2D eigenvalue weighted by atomic mass is 10.0. The van der Waals surface area contributed by atoms with E-state index < -0.39 is 10.0 Å². The molecule has 2 aliphatic rings. The van der Waals surface area contributed by atoms with E-state index in [1.54, 1.807) is 18.2 Å². The van der Waals surface area contributed by atoms with Gasteiger partial charge in [-0.15, -0.1) is 12.4 Å². The van der Waals surface area contributed by atoms with Gasteiger partial charge in [-0.2, -0.15) is 0 Å². The summed E-state index contributed by atoms with van der Waals surface area (Å²) in [6, 6.07) is 5.16. The van der Waals surface area contributed by atoms with Crippen LogP contribution >= 0.6 is 12.4 Å². The topological polar surface area (TPSA) is 87.7 Å². The first-order chi connectivity index (χ1) is 12.5. The monoisotopic (exact) mass is 417 g/mol. The fourth-order valence-electron chi connectivity index (χ4n) is 3.53. The minimum atomic E-state index is -3.72. The number of fused-ring (bicyclic) bond motifs is 1. The third-order valence-electron chi connectivity index (χ3n) is 4.95. The zero-order valence-corrected chi connectivity index (χ0v) is 17.2. The largest absolute Gasteiger partial charge is 0.372 e. The van der Waals surface area contributed by atoms with Crippen molar-refractivity contribution in [2.45, 2.75) is 50.3 Å². The van der Waals surface area contributed by atoms with Crippen LogP contribution < -0.4 is 10.0 Å². The van der Waals surface area contributed by atoms with E-state index in [2.05, 4.69) is 10.0 Å². The second-order valence-electron chi connectivity index (χ2n) is 6.82. The lowest BCUT2D eigenvalue weighted by molar-refractivity contribution is -0.132. The molecule has 1 fully saturated rings. The van der Waals surface area contributed by atoms with Crippen LogP contribution in [0.25, 0.3) is 0 Å². The second-order valence-corrected chi connectivity index (χ2v) is 8.58. The van der Waals surface area contributed by atoms with Gasteiger partial charge < -0.3 is 15.0 Å². The molecule has 1 amide bonds. The van der Waals surface area contributed by atoms with Gasteiger partial charge in [0.2, 0.25) is 15.9 Å². The highest BCUT2D eigenvalue weighted by molar-refractivity contribution is 7.89. The molecule has 2 heterocycles. The number of hydrogen-bond acceptors (Lipinski definition) is 5. The first-order valence-corrected chi connectivity index (χ1v) is 10.7. The highest BCUT2D eigenvalue weighted by Gasteiger charge is 2.26. The van der Waals surface area contributed by atoms with Crippen LogP contribution in [0.3, 0.4) is 0 Å². The molecule has 7 nitrogen and oxygen atoms in total. The first-order valence-electron chi connectivity index (χ1n) is 9.20. The smallest absolute Gasteiger partial charge is 0.241 e.